The van der Waals surface area contributed by atoms with E-state index < -0.39 is 0 Å². The van der Waals surface area contributed by atoms with Crippen molar-refractivity contribution < 1.29 is 0 Å². The van der Waals surface area contributed by atoms with Gasteiger partial charge in [0.25, 0.3) is 0 Å². The summed E-state index contributed by atoms with van der Waals surface area (Å²) < 4.78 is 2.66. The maximum absolute atomic E-state index is 2.66. The molecule has 0 amide bonds. The van der Waals surface area contributed by atoms with Crippen LogP contribution in [0, 0.1) is 0 Å². The van der Waals surface area contributed by atoms with Gasteiger partial charge in [0, 0.05) is 8.80 Å². The Balaban J connectivity index is 3.62. The fourth-order valence-corrected chi connectivity index (χ4v) is 5.01. The highest BCUT2D eigenvalue weighted by Crippen LogP contribution is 2.07. The predicted molar refractivity (Wildman–Crippen MR) is 59.8 cm³/mol. The molecule has 0 aliphatic rings. The molecule has 0 bridgehead atoms. The third kappa shape index (κ3) is 4.77. The Hall–Kier alpha value is 0.394. The molecule has 0 radical (unpaired) electrons. The summed E-state index contributed by atoms with van der Waals surface area (Å²) in [6.07, 6.45) is 0. The van der Waals surface area contributed by atoms with Gasteiger partial charge in [-0.15, -0.1) is 0 Å². The lowest BCUT2D eigenvalue weighted by Gasteiger charge is -2.23. The van der Waals surface area contributed by atoms with Gasteiger partial charge < -0.3 is 4.57 Å². The van der Waals surface area contributed by atoms with Gasteiger partial charge in [0.2, 0.25) is 0 Å². The van der Waals surface area contributed by atoms with Crippen molar-refractivity contribution >= 4 is 18.5 Å². The molecule has 0 spiro atoms. The lowest BCUT2D eigenvalue weighted by molar-refractivity contribution is 0.490. The molecule has 68 valence electrons. The normalized spacial score (nSPS) is 15.5. The average molecular weight is 189 g/mol. The highest BCUT2D eigenvalue weighted by molar-refractivity contribution is 6.69. The summed E-state index contributed by atoms with van der Waals surface area (Å²) in [5, 5.41) is 1.11. The van der Waals surface area contributed by atoms with Gasteiger partial charge in [-0.3, -0.25) is 0 Å². The Morgan fingerprint density at radius 1 is 1.27 bits per heavy atom. The number of rotatable bonds is 5. The van der Waals surface area contributed by atoms with Gasteiger partial charge in [-0.1, -0.05) is 33.9 Å². The second-order valence-corrected chi connectivity index (χ2v) is 10.8. The van der Waals surface area contributed by atoms with Gasteiger partial charge in [0.1, 0.15) is 0 Å². The predicted octanol–water partition coefficient (Wildman–Crippen LogP) is 1.25. The molecule has 1 nitrogen and oxygen atoms in total. The summed E-state index contributed by atoms with van der Waals surface area (Å²) in [6.45, 7) is 14.5. The van der Waals surface area contributed by atoms with Crippen LogP contribution < -0.4 is 0 Å². The van der Waals surface area contributed by atoms with Crippen molar-refractivity contribution in [2.24, 2.45) is 0 Å². The fourth-order valence-electron chi connectivity index (χ4n) is 1.10. The van der Waals surface area contributed by atoms with Crippen LogP contribution >= 0.6 is 0 Å². The Kier molecular flexibility index (Phi) is 6.18. The van der Waals surface area contributed by atoms with Crippen LogP contribution in [0.4, 0.5) is 0 Å². The van der Waals surface area contributed by atoms with E-state index in [9.17, 15) is 0 Å². The van der Waals surface area contributed by atoms with E-state index in [1.54, 1.807) is 0 Å². The first kappa shape index (κ1) is 11.4. The summed E-state index contributed by atoms with van der Waals surface area (Å²) in [4.78, 5) is 0. The summed E-state index contributed by atoms with van der Waals surface area (Å²) >= 11 is 0. The maximum Gasteiger partial charge on any atom is 0.0949 e. The van der Waals surface area contributed by atoms with E-state index in [1.807, 2.05) is 0 Å². The standard InChI is InChI=1S/C8H23NSi2/c1-6-9(7-2)10-8(3)11(4)5/h8,11H,6-7,10H2,1-5H3. The Bertz CT molecular complexity index is 92.1. The quantitative estimate of drug-likeness (QED) is 0.589. The van der Waals surface area contributed by atoms with Crippen molar-refractivity contribution in [3.05, 3.63) is 0 Å². The minimum Gasteiger partial charge on any atom is -0.330 e. The van der Waals surface area contributed by atoms with E-state index in [2.05, 4.69) is 38.4 Å². The molecular weight excluding hydrogens is 166 g/mol. The first-order chi connectivity index (χ1) is 5.11. The summed E-state index contributed by atoms with van der Waals surface area (Å²) in [6, 6.07) is 0. The van der Waals surface area contributed by atoms with Crippen LogP contribution in [0.1, 0.15) is 20.8 Å². The second-order valence-electron chi connectivity index (χ2n) is 3.71. The van der Waals surface area contributed by atoms with E-state index in [0.29, 0.717) is 0 Å². The molecule has 0 aromatic heterocycles. The highest BCUT2D eigenvalue weighted by atomic mass is 28.3. The van der Waals surface area contributed by atoms with Crippen LogP contribution in [-0.2, 0) is 0 Å². The van der Waals surface area contributed by atoms with Crippen LogP contribution in [0.25, 0.3) is 0 Å². The largest absolute Gasteiger partial charge is 0.330 e. The third-order valence-corrected chi connectivity index (χ3v) is 10.3. The van der Waals surface area contributed by atoms with Gasteiger partial charge >= 0.3 is 0 Å². The van der Waals surface area contributed by atoms with E-state index in [0.717, 1.165) is 5.16 Å². The fraction of sp³-hybridized carbons (Fsp3) is 1.00. The molecule has 0 aromatic rings. The molecular formula is C8H23NSi2. The van der Waals surface area contributed by atoms with Gasteiger partial charge in [-0.05, 0) is 18.3 Å². The SMILES string of the molecule is CCN(CC)[SiH2]C(C)[SiH](C)C. The monoisotopic (exact) mass is 189 g/mol. The van der Waals surface area contributed by atoms with Crippen molar-refractivity contribution in [3.8, 4) is 0 Å². The van der Waals surface area contributed by atoms with Gasteiger partial charge in [-0.2, -0.15) is 0 Å². The summed E-state index contributed by atoms with van der Waals surface area (Å²) in [7, 11) is -0.231. The Morgan fingerprint density at radius 2 is 1.73 bits per heavy atom. The molecule has 11 heavy (non-hydrogen) atoms. The summed E-state index contributed by atoms with van der Waals surface area (Å²) in [5.41, 5.74) is 0. The van der Waals surface area contributed by atoms with Crippen LogP contribution in [0.15, 0.2) is 0 Å². The maximum atomic E-state index is 2.66. The van der Waals surface area contributed by atoms with Crippen molar-refractivity contribution in [3.63, 3.8) is 0 Å². The van der Waals surface area contributed by atoms with Crippen LogP contribution in [0.5, 0.6) is 0 Å². The topological polar surface area (TPSA) is 3.24 Å². The van der Waals surface area contributed by atoms with Gasteiger partial charge in [0.05, 0.1) is 9.68 Å². The Labute approximate surface area is 75.7 Å². The molecule has 0 aliphatic heterocycles. The molecule has 0 N–H and O–H groups in total. The molecule has 0 aromatic carbocycles. The Morgan fingerprint density at radius 3 is 2.00 bits per heavy atom. The molecule has 0 aliphatic carbocycles. The number of nitrogens with zero attached hydrogens (tertiary/aromatic N) is 1. The number of hydrogen-bond acceptors (Lipinski definition) is 1. The zero-order valence-electron chi connectivity index (χ0n) is 8.72. The van der Waals surface area contributed by atoms with Crippen molar-refractivity contribution in [2.45, 2.75) is 39.0 Å². The van der Waals surface area contributed by atoms with Crippen molar-refractivity contribution in [1.29, 1.82) is 0 Å². The molecule has 0 fully saturated rings. The lowest BCUT2D eigenvalue weighted by Crippen LogP contribution is -2.33. The smallest absolute Gasteiger partial charge is 0.0949 e. The van der Waals surface area contributed by atoms with Crippen molar-refractivity contribution in [2.75, 3.05) is 13.1 Å². The molecule has 1 atom stereocenters. The van der Waals surface area contributed by atoms with Crippen molar-refractivity contribution in [1.82, 2.24) is 4.57 Å². The minimum atomic E-state index is -0.329. The lowest BCUT2D eigenvalue weighted by atomic mass is 10.7. The van der Waals surface area contributed by atoms with Gasteiger partial charge in [0.15, 0.2) is 0 Å². The van der Waals surface area contributed by atoms with Gasteiger partial charge in [-0.25, -0.2) is 0 Å². The van der Waals surface area contributed by atoms with E-state index in [4.69, 9.17) is 0 Å². The third-order valence-electron chi connectivity index (χ3n) is 2.58. The molecule has 1 unspecified atom stereocenters. The summed E-state index contributed by atoms with van der Waals surface area (Å²) in [5.74, 6) is 0. The number of hydrogen-bond donors (Lipinski definition) is 0. The molecule has 3 heteroatoms. The van der Waals surface area contributed by atoms with Crippen LogP contribution in [0.2, 0.25) is 18.3 Å². The van der Waals surface area contributed by atoms with Crippen LogP contribution in [-0.4, -0.2) is 36.1 Å². The molecule has 0 heterocycles. The van der Waals surface area contributed by atoms with E-state index in [1.165, 1.54) is 13.1 Å². The van der Waals surface area contributed by atoms with Crippen LogP contribution in [0.3, 0.4) is 0 Å². The molecule has 0 saturated carbocycles. The first-order valence-electron chi connectivity index (χ1n) is 4.84. The van der Waals surface area contributed by atoms with E-state index in [-0.39, 0.29) is 18.5 Å². The zero-order valence-corrected chi connectivity index (χ0v) is 11.3. The molecule has 0 saturated heterocycles. The minimum absolute atomic E-state index is 0.0972. The average Bonchev–Trinajstić information content (AvgIpc) is 1.99. The zero-order chi connectivity index (χ0) is 8.85. The first-order valence-corrected chi connectivity index (χ1v) is 9.26. The molecule has 0 rings (SSSR count). The second kappa shape index (κ2) is 5.97. The van der Waals surface area contributed by atoms with E-state index >= 15 is 0 Å². The highest BCUT2D eigenvalue weighted by Gasteiger charge is 2.11.